The summed E-state index contributed by atoms with van der Waals surface area (Å²) in [6.45, 7) is 3.23. The Morgan fingerprint density at radius 1 is 1.25 bits per heavy atom. The van der Waals surface area contributed by atoms with E-state index < -0.39 is 0 Å². The Balaban J connectivity index is 2.14. The number of aromatic nitrogens is 2. The van der Waals surface area contributed by atoms with Crippen molar-refractivity contribution in [2.24, 2.45) is 12.0 Å². The van der Waals surface area contributed by atoms with Gasteiger partial charge >= 0.3 is 0 Å². The topological polar surface area (TPSA) is 83.8 Å². The lowest BCUT2D eigenvalue weighted by Gasteiger charge is -2.15. The van der Waals surface area contributed by atoms with Gasteiger partial charge in [0.05, 0.1) is 38.0 Å². The highest BCUT2D eigenvalue weighted by atomic mass is 16.5. The first-order valence-electron chi connectivity index (χ1n) is 9.31. The van der Waals surface area contributed by atoms with E-state index in [9.17, 15) is 4.79 Å². The van der Waals surface area contributed by atoms with Crippen molar-refractivity contribution >= 4 is 11.9 Å². The molecule has 1 aromatic carbocycles. The van der Waals surface area contributed by atoms with Crippen LogP contribution < -0.4 is 15.4 Å². The zero-order chi connectivity index (χ0) is 20.5. The van der Waals surface area contributed by atoms with Crippen LogP contribution in [-0.4, -0.2) is 54.3 Å². The molecule has 0 unspecified atom stereocenters. The lowest BCUT2D eigenvalue weighted by molar-refractivity contribution is -0.127. The van der Waals surface area contributed by atoms with Gasteiger partial charge in [-0.2, -0.15) is 5.10 Å². The number of aliphatic imine (C=N–C) groups is 1. The van der Waals surface area contributed by atoms with Crippen LogP contribution in [0.15, 0.2) is 35.3 Å². The normalized spacial score (nSPS) is 11.2. The summed E-state index contributed by atoms with van der Waals surface area (Å²) in [5, 5.41) is 10.9. The molecule has 0 fully saturated rings. The summed E-state index contributed by atoms with van der Waals surface area (Å²) in [6.07, 6.45) is 0.803. The number of likely N-dealkylation sites (N-methyl/N-ethyl adjacent to an activating group) is 1. The molecular formula is C20H30N6O2. The molecule has 1 aromatic heterocycles. The summed E-state index contributed by atoms with van der Waals surface area (Å²) in [6, 6.07) is 9.97. The van der Waals surface area contributed by atoms with Crippen LogP contribution in [-0.2, 0) is 31.4 Å². The molecular weight excluding hydrogens is 356 g/mol. The summed E-state index contributed by atoms with van der Waals surface area (Å²) in [5.74, 6) is 1.26. The first-order valence-corrected chi connectivity index (χ1v) is 9.31. The van der Waals surface area contributed by atoms with Gasteiger partial charge in [-0.15, -0.1) is 0 Å². The first kappa shape index (κ1) is 21.3. The number of carbonyl (C=O) groups is 1. The van der Waals surface area contributed by atoms with Crippen LogP contribution in [0, 0.1) is 0 Å². The predicted molar refractivity (Wildman–Crippen MR) is 110 cm³/mol. The molecule has 2 aromatic rings. The van der Waals surface area contributed by atoms with Crippen molar-refractivity contribution in [1.82, 2.24) is 25.3 Å². The molecule has 0 aliphatic carbocycles. The molecule has 0 saturated carbocycles. The van der Waals surface area contributed by atoms with Gasteiger partial charge in [0.2, 0.25) is 11.8 Å². The number of hydrogen-bond donors (Lipinski definition) is 2. The number of carbonyl (C=O) groups excluding carboxylic acids is 1. The highest BCUT2D eigenvalue weighted by Gasteiger charge is 2.16. The van der Waals surface area contributed by atoms with E-state index in [-0.39, 0.29) is 12.5 Å². The minimum atomic E-state index is -0.0255. The molecule has 152 valence electrons. The van der Waals surface area contributed by atoms with Gasteiger partial charge in [-0.25, -0.2) is 9.67 Å². The van der Waals surface area contributed by atoms with Gasteiger partial charge in [0, 0.05) is 21.1 Å². The first-order chi connectivity index (χ1) is 13.5. The molecule has 8 nitrogen and oxygen atoms in total. The molecule has 0 aliphatic heterocycles. The summed E-state index contributed by atoms with van der Waals surface area (Å²) in [7, 11) is 6.96. The van der Waals surface area contributed by atoms with Gasteiger partial charge in [-0.1, -0.05) is 37.3 Å². The van der Waals surface area contributed by atoms with Gasteiger partial charge in [0.15, 0.2) is 5.96 Å². The second kappa shape index (κ2) is 10.3. The van der Waals surface area contributed by atoms with Crippen molar-refractivity contribution in [3.63, 3.8) is 0 Å². The van der Waals surface area contributed by atoms with Crippen molar-refractivity contribution < 1.29 is 9.53 Å². The van der Waals surface area contributed by atoms with Gasteiger partial charge < -0.3 is 20.3 Å². The maximum absolute atomic E-state index is 11.9. The molecule has 2 rings (SSSR count). The van der Waals surface area contributed by atoms with Crippen molar-refractivity contribution in [1.29, 1.82) is 0 Å². The number of aryl methyl sites for hydroxylation is 2. The Labute approximate surface area is 166 Å². The lowest BCUT2D eigenvalue weighted by atomic mass is 10.2. The predicted octanol–water partition coefficient (Wildman–Crippen LogP) is 1.31. The van der Waals surface area contributed by atoms with Crippen LogP contribution in [0.1, 0.15) is 23.7 Å². The fourth-order valence-electron chi connectivity index (χ4n) is 2.74. The number of methoxy groups -OCH3 is 1. The van der Waals surface area contributed by atoms with Crippen LogP contribution in [0.4, 0.5) is 0 Å². The van der Waals surface area contributed by atoms with E-state index in [0.29, 0.717) is 19.0 Å². The Kier molecular flexibility index (Phi) is 7.86. The fourth-order valence-corrected chi connectivity index (χ4v) is 2.74. The third-order valence-corrected chi connectivity index (χ3v) is 4.30. The number of benzene rings is 1. The highest BCUT2D eigenvalue weighted by Crippen LogP contribution is 2.21. The van der Waals surface area contributed by atoms with Crippen LogP contribution in [0.3, 0.4) is 0 Å². The van der Waals surface area contributed by atoms with E-state index in [0.717, 1.165) is 29.1 Å². The van der Waals surface area contributed by atoms with Crippen LogP contribution >= 0.6 is 0 Å². The van der Waals surface area contributed by atoms with E-state index in [1.54, 1.807) is 30.8 Å². The molecule has 1 amide bonds. The molecule has 28 heavy (non-hydrogen) atoms. The summed E-state index contributed by atoms with van der Waals surface area (Å²) >= 11 is 0. The number of nitrogens with zero attached hydrogens (tertiary/aromatic N) is 4. The molecule has 8 heteroatoms. The minimum absolute atomic E-state index is 0.0255. The quantitative estimate of drug-likeness (QED) is 0.528. The highest BCUT2D eigenvalue weighted by molar-refractivity contribution is 5.86. The summed E-state index contributed by atoms with van der Waals surface area (Å²) < 4.78 is 7.23. The van der Waals surface area contributed by atoms with E-state index >= 15 is 0 Å². The summed E-state index contributed by atoms with van der Waals surface area (Å²) in [4.78, 5) is 18.1. The van der Waals surface area contributed by atoms with E-state index in [2.05, 4.69) is 27.6 Å². The second-order valence-corrected chi connectivity index (χ2v) is 6.56. The van der Waals surface area contributed by atoms with Crippen molar-refractivity contribution in [2.45, 2.75) is 26.4 Å². The number of guanidine groups is 1. The second-order valence-electron chi connectivity index (χ2n) is 6.56. The standard InChI is InChI=1S/C20H30N6O2/c1-6-17-16(19(28-5)26(4)24-17)13-22-20(23-14-18(27)25(2)3)21-12-15-10-8-7-9-11-15/h7-11H,6,12-14H2,1-5H3,(H2,21,22,23). The van der Waals surface area contributed by atoms with Gasteiger partial charge in [-0.05, 0) is 12.0 Å². The zero-order valence-electron chi connectivity index (χ0n) is 17.3. The van der Waals surface area contributed by atoms with Crippen LogP contribution in [0.25, 0.3) is 0 Å². The molecule has 0 spiro atoms. The van der Waals surface area contributed by atoms with Crippen LogP contribution in [0.2, 0.25) is 0 Å². The monoisotopic (exact) mass is 386 g/mol. The maximum Gasteiger partial charge on any atom is 0.241 e. The number of nitrogens with one attached hydrogen (secondary N) is 2. The largest absolute Gasteiger partial charge is 0.481 e. The van der Waals surface area contributed by atoms with Crippen molar-refractivity contribution in [3.8, 4) is 5.88 Å². The minimum Gasteiger partial charge on any atom is -0.481 e. The fraction of sp³-hybridized carbons (Fsp3) is 0.450. The smallest absolute Gasteiger partial charge is 0.241 e. The number of rotatable bonds is 8. The molecule has 0 radical (unpaired) electrons. The van der Waals surface area contributed by atoms with Gasteiger partial charge in [-0.3, -0.25) is 4.79 Å². The van der Waals surface area contributed by atoms with E-state index in [4.69, 9.17) is 4.74 Å². The van der Waals surface area contributed by atoms with Crippen molar-refractivity contribution in [2.75, 3.05) is 27.7 Å². The third kappa shape index (κ3) is 5.73. The van der Waals surface area contributed by atoms with Crippen molar-refractivity contribution in [3.05, 3.63) is 47.2 Å². The number of amides is 1. The molecule has 1 heterocycles. The molecule has 0 saturated heterocycles. The summed E-state index contributed by atoms with van der Waals surface area (Å²) in [5.41, 5.74) is 3.05. The van der Waals surface area contributed by atoms with E-state index in [1.807, 2.05) is 37.4 Å². The number of hydrogen-bond acceptors (Lipinski definition) is 4. The third-order valence-electron chi connectivity index (χ3n) is 4.30. The SMILES string of the molecule is CCc1nn(C)c(OC)c1CNC(=NCc1ccccc1)NCC(=O)N(C)C. The van der Waals surface area contributed by atoms with Gasteiger partial charge in [0.1, 0.15) is 0 Å². The molecule has 0 bridgehead atoms. The Morgan fingerprint density at radius 2 is 1.96 bits per heavy atom. The number of ether oxygens (including phenoxy) is 1. The Morgan fingerprint density at radius 3 is 2.57 bits per heavy atom. The maximum atomic E-state index is 11.9. The Hall–Kier alpha value is -3.03. The van der Waals surface area contributed by atoms with Crippen LogP contribution in [0.5, 0.6) is 5.88 Å². The zero-order valence-corrected chi connectivity index (χ0v) is 17.3. The average molecular weight is 387 g/mol. The molecule has 0 aliphatic rings. The van der Waals surface area contributed by atoms with Gasteiger partial charge in [0.25, 0.3) is 0 Å². The van der Waals surface area contributed by atoms with E-state index in [1.165, 1.54) is 0 Å². The Bertz CT molecular complexity index is 799. The molecule has 0 atom stereocenters. The lowest BCUT2D eigenvalue weighted by Crippen LogP contribution is -2.42. The molecule has 2 N–H and O–H groups in total. The average Bonchev–Trinajstić information content (AvgIpc) is 3.02.